The van der Waals surface area contributed by atoms with Crippen LogP contribution in [0, 0.1) is 0 Å². The summed E-state index contributed by atoms with van der Waals surface area (Å²) in [5, 5.41) is 0. The van der Waals surface area contributed by atoms with Gasteiger partial charge in [0.05, 0.1) is 22.8 Å². The molecule has 0 bridgehead atoms. The van der Waals surface area contributed by atoms with Crippen molar-refractivity contribution in [1.29, 1.82) is 0 Å². The first-order valence-corrected chi connectivity index (χ1v) is 8.65. The number of fused-ring (bicyclic) bond motifs is 1. The lowest BCUT2D eigenvalue weighted by Gasteiger charge is -2.21. The Kier molecular flexibility index (Phi) is 1.39. The van der Waals surface area contributed by atoms with Crippen molar-refractivity contribution >= 4 is 23.6 Å². The topological polar surface area (TPSA) is 15.9 Å². The minimum Gasteiger partial charge on any atom is -0.198 e. The lowest BCUT2D eigenvalue weighted by atomic mass is 10.3. The molecule has 0 atom stereocenters. The fraction of sp³-hybridized carbons (Fsp3) is 0.0476. The summed E-state index contributed by atoms with van der Waals surface area (Å²) in [6, 6.07) is 8.99. The summed E-state index contributed by atoms with van der Waals surface area (Å²) >= 11 is 0. The van der Waals surface area contributed by atoms with Crippen LogP contribution in [0.4, 0.5) is 0 Å². The first kappa shape index (κ1) is 11.2. The Morgan fingerprint density at radius 1 is 0.560 bits per heavy atom. The summed E-state index contributed by atoms with van der Waals surface area (Å²) in [5.74, 6) is -0.433. The second kappa shape index (κ2) is 3.09. The average molecular weight is 320 g/mol. The van der Waals surface area contributed by atoms with Gasteiger partial charge in [0, 0.05) is 36.5 Å². The highest BCUT2D eigenvalue weighted by Crippen LogP contribution is 2.52. The first-order valence-electron chi connectivity index (χ1n) is 8.65. The molecule has 0 aromatic carbocycles. The van der Waals surface area contributed by atoms with Gasteiger partial charge in [-0.1, -0.05) is 9.15 Å². The second-order valence-electron chi connectivity index (χ2n) is 7.18. The highest BCUT2D eigenvalue weighted by Gasteiger charge is 2.74. The maximum atomic E-state index is 2.50. The molecule has 25 heavy (non-hydrogen) atoms. The van der Waals surface area contributed by atoms with Crippen LogP contribution in [0.25, 0.3) is 23.5 Å². The number of nitrogens with zero attached hydrogens (tertiary/aromatic N) is 4. The van der Waals surface area contributed by atoms with Crippen LogP contribution in [-0.4, -0.2) is 29.7 Å². The lowest BCUT2D eigenvalue weighted by molar-refractivity contribution is -0.797. The van der Waals surface area contributed by atoms with Gasteiger partial charge in [-0.25, -0.2) is 0 Å². The van der Waals surface area contributed by atoms with E-state index < -0.39 is 5.91 Å². The van der Waals surface area contributed by atoms with Crippen LogP contribution in [0.15, 0.2) is 72.1 Å². The van der Waals surface area contributed by atoms with Crippen LogP contribution in [0.3, 0.4) is 0 Å². The van der Waals surface area contributed by atoms with E-state index in [0.29, 0.717) is 0 Å². The van der Waals surface area contributed by atoms with Gasteiger partial charge in [0.25, 0.3) is 11.4 Å². The minimum absolute atomic E-state index is 0.433. The van der Waals surface area contributed by atoms with Gasteiger partial charge in [0.2, 0.25) is 11.4 Å². The molecule has 4 nitrogen and oxygen atoms in total. The van der Waals surface area contributed by atoms with Crippen LogP contribution in [0.5, 0.6) is 0 Å². The van der Waals surface area contributed by atoms with E-state index in [9.17, 15) is 0 Å². The second-order valence-corrected chi connectivity index (χ2v) is 7.18. The van der Waals surface area contributed by atoms with Crippen LogP contribution >= 0.6 is 0 Å². The number of hydrogen-bond acceptors (Lipinski definition) is 0. The number of rotatable bonds is 0. The fourth-order valence-corrected chi connectivity index (χ4v) is 5.41. The van der Waals surface area contributed by atoms with Gasteiger partial charge >= 0.3 is 5.91 Å². The van der Waals surface area contributed by atoms with Crippen molar-refractivity contribution in [2.24, 2.45) is 0 Å². The first-order chi connectivity index (χ1) is 12.4. The fourth-order valence-electron chi connectivity index (χ4n) is 5.41. The summed E-state index contributed by atoms with van der Waals surface area (Å²) in [5.41, 5.74) is 10.1. The summed E-state index contributed by atoms with van der Waals surface area (Å²) in [6.07, 6.45) is 18.0. The Morgan fingerprint density at radius 2 is 1.04 bits per heavy atom. The van der Waals surface area contributed by atoms with Crippen LogP contribution in [-0.2, 0) is 5.91 Å². The quantitative estimate of drug-likeness (QED) is 0.664. The standard InChI is InChI=1S/C21H12N4/c1-2-14-6-10-19-20-12-8-16-4-3-15-7-11-18-17-9-5-13(1)22(17)21(23(14)19,24(15)18)25(16)20/h1-12H/q+2. The predicted molar refractivity (Wildman–Crippen MR) is 95.1 cm³/mol. The normalized spacial score (nSPS) is 23.2. The molecular formula is C21H12N4+2. The molecule has 0 aliphatic carbocycles. The monoisotopic (exact) mass is 320 g/mol. The van der Waals surface area contributed by atoms with Crippen molar-refractivity contribution in [3.8, 4) is 11.4 Å². The molecule has 1 spiro atoms. The summed E-state index contributed by atoms with van der Waals surface area (Å²) in [7, 11) is 0. The molecule has 8 heterocycles. The lowest BCUT2D eigenvalue weighted by Crippen LogP contribution is -2.53. The molecule has 6 aliphatic heterocycles. The van der Waals surface area contributed by atoms with Gasteiger partial charge in [-0.3, -0.25) is 0 Å². The molecule has 0 unspecified atom stereocenters. The Labute approximate surface area is 143 Å². The molecule has 0 saturated heterocycles. The Balaban J connectivity index is 1.74. The zero-order chi connectivity index (χ0) is 15.9. The van der Waals surface area contributed by atoms with E-state index in [2.05, 4.69) is 91.2 Å². The summed E-state index contributed by atoms with van der Waals surface area (Å²) in [4.78, 5) is 0. The largest absolute Gasteiger partial charge is 0.554 e. The number of hydrogen-bond donors (Lipinski definition) is 0. The molecule has 8 rings (SSSR count). The van der Waals surface area contributed by atoms with E-state index in [1.807, 2.05) is 0 Å². The van der Waals surface area contributed by atoms with E-state index in [0.717, 1.165) is 0 Å². The predicted octanol–water partition coefficient (Wildman–Crippen LogP) is 2.71. The summed E-state index contributed by atoms with van der Waals surface area (Å²) in [6.45, 7) is 0. The van der Waals surface area contributed by atoms with Gasteiger partial charge in [-0.15, -0.1) is 0 Å². The molecule has 0 amide bonds. The van der Waals surface area contributed by atoms with Crippen LogP contribution in [0.1, 0.15) is 11.4 Å². The van der Waals surface area contributed by atoms with E-state index in [1.54, 1.807) is 0 Å². The van der Waals surface area contributed by atoms with E-state index in [1.165, 1.54) is 45.6 Å². The molecule has 0 N–H and O–H groups in total. The van der Waals surface area contributed by atoms with Crippen molar-refractivity contribution in [3.63, 3.8) is 0 Å². The molecule has 114 valence electrons. The zero-order valence-corrected chi connectivity index (χ0v) is 13.2. The van der Waals surface area contributed by atoms with Crippen molar-refractivity contribution in [2.45, 2.75) is 5.91 Å². The molecule has 0 radical (unpaired) electrons. The minimum atomic E-state index is -0.433. The van der Waals surface area contributed by atoms with E-state index in [-0.39, 0.29) is 0 Å². The van der Waals surface area contributed by atoms with Gasteiger partial charge in [0.1, 0.15) is 0 Å². The van der Waals surface area contributed by atoms with Crippen molar-refractivity contribution in [3.05, 3.63) is 83.5 Å². The van der Waals surface area contributed by atoms with Crippen molar-refractivity contribution < 1.29 is 9.15 Å². The smallest absolute Gasteiger partial charge is 0.198 e. The van der Waals surface area contributed by atoms with Crippen LogP contribution < -0.4 is 0 Å². The maximum absolute atomic E-state index is 2.50. The molecule has 0 saturated carbocycles. The zero-order valence-electron chi connectivity index (χ0n) is 13.2. The van der Waals surface area contributed by atoms with Crippen molar-refractivity contribution in [1.82, 2.24) is 9.13 Å². The molecule has 0 fully saturated rings. The van der Waals surface area contributed by atoms with Crippen molar-refractivity contribution in [2.75, 3.05) is 0 Å². The number of allylic oxidation sites excluding steroid dienone is 6. The molecule has 6 aliphatic rings. The average Bonchev–Trinajstić information content (AvgIpc) is 3.39. The molecule has 4 heteroatoms. The Morgan fingerprint density at radius 3 is 1.56 bits per heavy atom. The third-order valence-electron chi connectivity index (χ3n) is 6.22. The third kappa shape index (κ3) is 0.868. The highest BCUT2D eigenvalue weighted by atomic mass is 15.6. The number of aromatic nitrogens is 2. The Hall–Kier alpha value is -3.40. The highest BCUT2D eigenvalue weighted by molar-refractivity contribution is 6.07. The van der Waals surface area contributed by atoms with Gasteiger partial charge in [0.15, 0.2) is 0 Å². The molecule has 2 aromatic heterocycles. The van der Waals surface area contributed by atoms with Gasteiger partial charge < -0.3 is 0 Å². The Bertz CT molecular complexity index is 1220. The maximum Gasteiger partial charge on any atom is 0.554 e. The molecule has 2 aromatic rings. The third-order valence-corrected chi connectivity index (χ3v) is 6.22. The SMILES string of the molecule is C1=CC2=[N+]3C1=C1C=CC4=[N+]1C31n3c(ccc3-c3ccc(n31)C=C4)C=C2. The van der Waals surface area contributed by atoms with Crippen LogP contribution in [0.2, 0.25) is 0 Å². The van der Waals surface area contributed by atoms with Gasteiger partial charge in [-0.2, -0.15) is 9.13 Å². The summed E-state index contributed by atoms with van der Waals surface area (Å²) < 4.78 is 9.98. The molecular weight excluding hydrogens is 308 g/mol. The van der Waals surface area contributed by atoms with Gasteiger partial charge in [-0.05, 0) is 36.4 Å². The van der Waals surface area contributed by atoms with E-state index >= 15 is 0 Å². The van der Waals surface area contributed by atoms with E-state index in [4.69, 9.17) is 0 Å².